The maximum Gasteiger partial charge on any atom is 0.223 e. The van der Waals surface area contributed by atoms with Crippen LogP contribution in [0.1, 0.15) is 52.4 Å². The Hall–Kier alpha value is -0.240. The Morgan fingerprint density at radius 1 is 1.33 bits per heavy atom. The molecule has 1 aliphatic rings. The van der Waals surface area contributed by atoms with Crippen molar-refractivity contribution in [1.29, 1.82) is 0 Å². The Bertz CT molecular complexity index is 210. The summed E-state index contributed by atoms with van der Waals surface area (Å²) in [7, 11) is 0. The second-order valence-corrected chi connectivity index (χ2v) is 5.53. The maximum absolute atomic E-state index is 11.9. The highest BCUT2D eigenvalue weighted by atomic mass is 35.5. The minimum absolute atomic E-state index is 0.156. The molecule has 0 aromatic heterocycles. The van der Waals surface area contributed by atoms with Crippen LogP contribution in [-0.2, 0) is 4.79 Å². The first-order valence-electron chi connectivity index (χ1n) is 5.93. The second kappa shape index (κ2) is 5.74. The van der Waals surface area contributed by atoms with E-state index in [9.17, 15) is 4.79 Å². The molecule has 0 aromatic carbocycles. The van der Waals surface area contributed by atoms with Crippen molar-refractivity contribution in [2.75, 3.05) is 5.88 Å². The Balaban J connectivity index is 2.39. The molecule has 1 aliphatic carbocycles. The van der Waals surface area contributed by atoms with Crippen LogP contribution in [0.25, 0.3) is 0 Å². The van der Waals surface area contributed by atoms with Gasteiger partial charge in [-0.15, -0.1) is 11.6 Å². The van der Waals surface area contributed by atoms with Crippen LogP contribution in [0.3, 0.4) is 0 Å². The molecule has 3 heteroatoms. The van der Waals surface area contributed by atoms with Gasteiger partial charge in [0, 0.05) is 17.3 Å². The van der Waals surface area contributed by atoms with Crippen LogP contribution in [-0.4, -0.2) is 17.3 Å². The van der Waals surface area contributed by atoms with Gasteiger partial charge in [-0.1, -0.05) is 19.3 Å². The van der Waals surface area contributed by atoms with Crippen molar-refractivity contribution in [3.8, 4) is 0 Å². The highest BCUT2D eigenvalue weighted by molar-refractivity contribution is 6.17. The minimum atomic E-state index is -0.156. The van der Waals surface area contributed by atoms with Crippen LogP contribution in [0.5, 0.6) is 0 Å². The average Bonchev–Trinajstić information content (AvgIpc) is 2.18. The van der Waals surface area contributed by atoms with Gasteiger partial charge in [0.2, 0.25) is 5.91 Å². The van der Waals surface area contributed by atoms with Gasteiger partial charge >= 0.3 is 0 Å². The number of hydrogen-bond donors (Lipinski definition) is 1. The molecule has 2 nitrogen and oxygen atoms in total. The highest BCUT2D eigenvalue weighted by Crippen LogP contribution is 2.24. The molecule has 1 saturated carbocycles. The number of rotatable bonds is 4. The predicted octanol–water partition coefficient (Wildman–Crippen LogP) is 3.09. The van der Waals surface area contributed by atoms with Crippen LogP contribution in [0.2, 0.25) is 0 Å². The molecular weight excluding hydrogens is 210 g/mol. The molecule has 0 unspecified atom stereocenters. The standard InChI is InChI=1S/C12H22ClNO/c1-12(2,8-9-13)14-11(15)10-6-4-3-5-7-10/h10H,3-9H2,1-2H3,(H,14,15). The van der Waals surface area contributed by atoms with E-state index in [1.807, 2.05) is 13.8 Å². The van der Waals surface area contributed by atoms with E-state index in [1.54, 1.807) is 0 Å². The van der Waals surface area contributed by atoms with E-state index in [4.69, 9.17) is 11.6 Å². The molecule has 0 saturated heterocycles. The normalized spacial score (nSPS) is 18.9. The molecule has 0 radical (unpaired) electrons. The molecule has 0 spiro atoms. The Morgan fingerprint density at radius 2 is 1.93 bits per heavy atom. The third-order valence-electron chi connectivity index (χ3n) is 3.16. The fourth-order valence-electron chi connectivity index (χ4n) is 2.10. The van der Waals surface area contributed by atoms with Gasteiger partial charge in [0.25, 0.3) is 0 Å². The van der Waals surface area contributed by atoms with Crippen LogP contribution in [0, 0.1) is 5.92 Å². The highest BCUT2D eigenvalue weighted by Gasteiger charge is 2.26. The van der Waals surface area contributed by atoms with Gasteiger partial charge in [0.1, 0.15) is 0 Å². The predicted molar refractivity (Wildman–Crippen MR) is 64.1 cm³/mol. The summed E-state index contributed by atoms with van der Waals surface area (Å²) < 4.78 is 0. The van der Waals surface area contributed by atoms with Crippen LogP contribution in [0.4, 0.5) is 0 Å². The second-order valence-electron chi connectivity index (χ2n) is 5.15. The molecule has 0 heterocycles. The van der Waals surface area contributed by atoms with E-state index in [2.05, 4.69) is 5.32 Å². The number of alkyl halides is 1. The third-order valence-corrected chi connectivity index (χ3v) is 3.35. The Morgan fingerprint density at radius 3 is 2.47 bits per heavy atom. The summed E-state index contributed by atoms with van der Waals surface area (Å²) in [6.07, 6.45) is 6.63. The molecule has 1 fully saturated rings. The largest absolute Gasteiger partial charge is 0.351 e. The monoisotopic (exact) mass is 231 g/mol. The first kappa shape index (κ1) is 12.8. The molecule has 0 aliphatic heterocycles. The molecule has 1 N–H and O–H groups in total. The summed E-state index contributed by atoms with van der Waals surface area (Å²) in [5.41, 5.74) is -0.156. The average molecular weight is 232 g/mol. The quantitative estimate of drug-likeness (QED) is 0.741. The maximum atomic E-state index is 11.9. The smallest absolute Gasteiger partial charge is 0.223 e. The van der Waals surface area contributed by atoms with E-state index in [1.165, 1.54) is 19.3 Å². The minimum Gasteiger partial charge on any atom is -0.351 e. The van der Waals surface area contributed by atoms with Crippen molar-refractivity contribution < 1.29 is 4.79 Å². The van der Waals surface area contributed by atoms with Gasteiger partial charge in [0.05, 0.1) is 0 Å². The number of carbonyl (C=O) groups excluding carboxylic acids is 1. The molecular formula is C12H22ClNO. The number of amides is 1. The van der Waals surface area contributed by atoms with E-state index >= 15 is 0 Å². The van der Waals surface area contributed by atoms with E-state index in [0.717, 1.165) is 19.3 Å². The van der Waals surface area contributed by atoms with Crippen molar-refractivity contribution in [2.24, 2.45) is 5.92 Å². The lowest BCUT2D eigenvalue weighted by Gasteiger charge is -2.29. The van der Waals surface area contributed by atoms with Crippen molar-refractivity contribution in [2.45, 2.75) is 57.9 Å². The summed E-state index contributed by atoms with van der Waals surface area (Å²) in [5.74, 6) is 1.07. The lowest BCUT2D eigenvalue weighted by Crippen LogP contribution is -2.46. The fourth-order valence-corrected chi connectivity index (χ4v) is 2.57. The first-order chi connectivity index (χ1) is 7.05. The van der Waals surface area contributed by atoms with Gasteiger partial charge in [0.15, 0.2) is 0 Å². The zero-order valence-electron chi connectivity index (χ0n) is 9.81. The number of nitrogens with one attached hydrogen (secondary N) is 1. The molecule has 0 aromatic rings. The van der Waals surface area contributed by atoms with Crippen LogP contribution in [0.15, 0.2) is 0 Å². The van der Waals surface area contributed by atoms with Crippen LogP contribution >= 0.6 is 11.6 Å². The van der Waals surface area contributed by atoms with Gasteiger partial charge in [-0.3, -0.25) is 4.79 Å². The van der Waals surface area contributed by atoms with Crippen molar-refractivity contribution in [3.63, 3.8) is 0 Å². The number of halogens is 1. The van der Waals surface area contributed by atoms with Crippen molar-refractivity contribution in [1.82, 2.24) is 5.32 Å². The Kier molecular flexibility index (Phi) is 4.91. The summed E-state index contributed by atoms with van der Waals surface area (Å²) in [5, 5.41) is 3.10. The van der Waals surface area contributed by atoms with Gasteiger partial charge in [-0.05, 0) is 33.1 Å². The SMILES string of the molecule is CC(C)(CCCl)NC(=O)C1CCCCC1. The van der Waals surface area contributed by atoms with E-state index in [-0.39, 0.29) is 17.4 Å². The number of hydrogen-bond acceptors (Lipinski definition) is 1. The first-order valence-corrected chi connectivity index (χ1v) is 6.46. The van der Waals surface area contributed by atoms with Gasteiger partial charge in [-0.2, -0.15) is 0 Å². The van der Waals surface area contributed by atoms with Crippen molar-refractivity contribution in [3.05, 3.63) is 0 Å². The molecule has 1 rings (SSSR count). The van der Waals surface area contributed by atoms with Crippen LogP contribution < -0.4 is 5.32 Å². The van der Waals surface area contributed by atoms with E-state index in [0.29, 0.717) is 5.88 Å². The lowest BCUT2D eigenvalue weighted by atomic mass is 9.87. The van der Waals surface area contributed by atoms with Gasteiger partial charge in [-0.25, -0.2) is 0 Å². The number of carbonyl (C=O) groups is 1. The van der Waals surface area contributed by atoms with E-state index < -0.39 is 0 Å². The molecule has 0 atom stereocenters. The zero-order valence-corrected chi connectivity index (χ0v) is 10.6. The summed E-state index contributed by atoms with van der Waals surface area (Å²) in [6, 6.07) is 0. The topological polar surface area (TPSA) is 29.1 Å². The summed E-state index contributed by atoms with van der Waals surface area (Å²) >= 11 is 5.70. The lowest BCUT2D eigenvalue weighted by molar-refractivity contribution is -0.127. The Labute approximate surface area is 97.8 Å². The summed E-state index contributed by atoms with van der Waals surface area (Å²) in [6.45, 7) is 4.08. The molecule has 15 heavy (non-hydrogen) atoms. The fraction of sp³-hybridized carbons (Fsp3) is 0.917. The third kappa shape index (κ3) is 4.42. The molecule has 0 bridgehead atoms. The van der Waals surface area contributed by atoms with Gasteiger partial charge < -0.3 is 5.32 Å². The zero-order chi connectivity index (χ0) is 11.3. The molecule has 88 valence electrons. The molecule has 1 amide bonds. The van der Waals surface area contributed by atoms with Crippen molar-refractivity contribution >= 4 is 17.5 Å². The summed E-state index contributed by atoms with van der Waals surface area (Å²) in [4.78, 5) is 11.9.